The van der Waals surface area contributed by atoms with Gasteiger partial charge in [-0.3, -0.25) is 0 Å². The van der Waals surface area contributed by atoms with Gasteiger partial charge in [0.2, 0.25) is 0 Å². The number of hydrogen-bond acceptors (Lipinski definition) is 4. The molecule has 2 aromatic rings. The van der Waals surface area contributed by atoms with Gasteiger partial charge in [-0.15, -0.1) is 0 Å². The van der Waals surface area contributed by atoms with Crippen LogP contribution in [0.15, 0.2) is 42.5 Å². The van der Waals surface area contributed by atoms with E-state index in [1.807, 2.05) is 0 Å². The molecule has 3 rings (SSSR count). The quantitative estimate of drug-likeness (QED) is 0.616. The molecule has 1 aliphatic rings. The van der Waals surface area contributed by atoms with Crippen molar-refractivity contribution in [1.82, 2.24) is 0 Å². The van der Waals surface area contributed by atoms with Gasteiger partial charge in [0.15, 0.2) is 6.79 Å². The number of carbonyl (C=O) groups excluding carboxylic acids is 1. The van der Waals surface area contributed by atoms with Gasteiger partial charge in [0.25, 0.3) is 0 Å². The lowest BCUT2D eigenvalue weighted by Gasteiger charge is -2.20. The third-order valence-electron chi connectivity index (χ3n) is 3.38. The van der Waals surface area contributed by atoms with Gasteiger partial charge < -0.3 is 14.2 Å². The molecule has 0 radical (unpaired) electrons. The topological polar surface area (TPSA) is 44.8 Å². The van der Waals surface area contributed by atoms with Gasteiger partial charge >= 0.3 is 5.97 Å². The maximum atomic E-state index is 13.1. The van der Waals surface area contributed by atoms with Crippen LogP contribution in [0.4, 0.5) is 4.39 Å². The van der Waals surface area contributed by atoms with Crippen LogP contribution in [-0.4, -0.2) is 12.8 Å². The fraction of sp³-hybridized carbons (Fsp3) is 0.167. The molecule has 0 atom stereocenters. The van der Waals surface area contributed by atoms with Crippen molar-refractivity contribution in [3.05, 3.63) is 70.0 Å². The molecule has 0 aliphatic carbocycles. The third-order valence-corrected chi connectivity index (χ3v) is 3.60. The molecule has 0 N–H and O–H groups in total. The van der Waals surface area contributed by atoms with Crippen molar-refractivity contribution in [3.8, 4) is 5.75 Å². The van der Waals surface area contributed by atoms with E-state index >= 15 is 0 Å². The monoisotopic (exact) mass is 348 g/mol. The van der Waals surface area contributed by atoms with Crippen molar-refractivity contribution in [2.45, 2.75) is 13.2 Å². The first-order valence-electron chi connectivity index (χ1n) is 7.24. The van der Waals surface area contributed by atoms with Crippen molar-refractivity contribution < 1.29 is 23.4 Å². The zero-order valence-electron chi connectivity index (χ0n) is 12.6. The largest absolute Gasteiger partial charge is 0.467 e. The minimum Gasteiger partial charge on any atom is -0.467 e. The maximum Gasteiger partial charge on any atom is 0.331 e. The molecule has 0 spiro atoms. The molecule has 0 saturated heterocycles. The number of benzene rings is 2. The van der Waals surface area contributed by atoms with Gasteiger partial charge in [0.1, 0.15) is 18.2 Å². The molecule has 124 valence electrons. The molecule has 4 nitrogen and oxygen atoms in total. The van der Waals surface area contributed by atoms with E-state index in [1.165, 1.54) is 24.3 Å². The number of halogens is 2. The normalized spacial score (nSPS) is 13.4. The fourth-order valence-corrected chi connectivity index (χ4v) is 2.60. The number of fused-ring (bicyclic) bond motifs is 1. The first-order chi connectivity index (χ1) is 11.6. The Hall–Kier alpha value is -2.37. The van der Waals surface area contributed by atoms with Crippen LogP contribution in [-0.2, 0) is 27.5 Å². The Bertz CT molecular complexity index is 789. The molecular weight excluding hydrogens is 335 g/mol. The summed E-state index contributed by atoms with van der Waals surface area (Å²) in [5, 5.41) is 0.518. The van der Waals surface area contributed by atoms with Crippen LogP contribution in [0.5, 0.6) is 5.75 Å². The zero-order valence-corrected chi connectivity index (χ0v) is 13.4. The predicted molar refractivity (Wildman–Crippen MR) is 87.0 cm³/mol. The molecule has 0 saturated carbocycles. The first-order valence-corrected chi connectivity index (χ1v) is 7.62. The Morgan fingerprint density at radius 3 is 3.04 bits per heavy atom. The summed E-state index contributed by atoms with van der Waals surface area (Å²) in [5.74, 6) is -0.275. The van der Waals surface area contributed by atoms with Crippen molar-refractivity contribution in [2.24, 2.45) is 0 Å². The number of hydrogen-bond donors (Lipinski definition) is 0. The lowest BCUT2D eigenvalue weighted by Crippen LogP contribution is -2.14. The summed E-state index contributed by atoms with van der Waals surface area (Å²) >= 11 is 6.05. The summed E-state index contributed by atoms with van der Waals surface area (Å²) in [5.41, 5.74) is 2.07. The highest BCUT2D eigenvalue weighted by Gasteiger charge is 2.17. The second-order valence-corrected chi connectivity index (χ2v) is 5.60. The van der Waals surface area contributed by atoms with Crippen molar-refractivity contribution in [3.63, 3.8) is 0 Å². The average molecular weight is 349 g/mol. The zero-order chi connectivity index (χ0) is 16.9. The van der Waals surface area contributed by atoms with E-state index in [4.69, 9.17) is 25.8 Å². The van der Waals surface area contributed by atoms with Crippen LogP contribution in [0.3, 0.4) is 0 Å². The van der Waals surface area contributed by atoms with Crippen LogP contribution in [0, 0.1) is 5.82 Å². The maximum absolute atomic E-state index is 13.1. The van der Waals surface area contributed by atoms with Crippen molar-refractivity contribution in [2.75, 3.05) is 6.79 Å². The summed E-state index contributed by atoms with van der Waals surface area (Å²) in [6.07, 6.45) is 2.74. The highest BCUT2D eigenvalue weighted by Crippen LogP contribution is 2.32. The van der Waals surface area contributed by atoms with E-state index in [0.717, 1.165) is 5.56 Å². The second-order valence-electron chi connectivity index (χ2n) is 5.16. The minimum atomic E-state index is -0.542. The Morgan fingerprint density at radius 2 is 2.21 bits per heavy atom. The predicted octanol–water partition coefficient (Wildman–Crippen LogP) is 4.10. The Balaban J connectivity index is 1.65. The van der Waals surface area contributed by atoms with Crippen LogP contribution >= 0.6 is 11.6 Å². The molecular formula is C18H14ClFO4. The summed E-state index contributed by atoms with van der Waals surface area (Å²) in [4.78, 5) is 11.8. The number of ether oxygens (including phenoxy) is 3. The molecule has 1 aliphatic heterocycles. The molecule has 0 fully saturated rings. The lowest BCUT2D eigenvalue weighted by atomic mass is 10.1. The number of carbonyl (C=O) groups is 1. The Labute approximate surface area is 143 Å². The highest BCUT2D eigenvalue weighted by molar-refractivity contribution is 6.30. The summed E-state index contributed by atoms with van der Waals surface area (Å²) < 4.78 is 28.9. The van der Waals surface area contributed by atoms with Gasteiger partial charge in [-0.1, -0.05) is 23.7 Å². The summed E-state index contributed by atoms with van der Waals surface area (Å²) in [6, 6.07) is 9.36. The summed E-state index contributed by atoms with van der Waals surface area (Å²) in [7, 11) is 0. The van der Waals surface area contributed by atoms with Crippen molar-refractivity contribution >= 4 is 23.6 Å². The molecule has 2 aromatic carbocycles. The first kappa shape index (κ1) is 16.5. The second kappa shape index (κ2) is 7.47. The Morgan fingerprint density at radius 1 is 1.33 bits per heavy atom. The highest BCUT2D eigenvalue weighted by atomic mass is 35.5. The van der Waals surface area contributed by atoms with E-state index in [-0.39, 0.29) is 19.2 Å². The van der Waals surface area contributed by atoms with E-state index in [1.54, 1.807) is 24.3 Å². The van der Waals surface area contributed by atoms with Crippen LogP contribution < -0.4 is 4.74 Å². The Kier molecular flexibility index (Phi) is 5.13. The van der Waals surface area contributed by atoms with Gasteiger partial charge in [0.05, 0.1) is 6.61 Å². The van der Waals surface area contributed by atoms with E-state index in [2.05, 4.69) is 0 Å². The summed E-state index contributed by atoms with van der Waals surface area (Å²) in [6.45, 7) is 0.570. The minimum absolute atomic E-state index is 0.0230. The molecule has 6 heteroatoms. The van der Waals surface area contributed by atoms with E-state index < -0.39 is 5.97 Å². The fourth-order valence-electron chi connectivity index (χ4n) is 2.34. The number of rotatable bonds is 4. The standard InChI is InChI=1S/C18H14ClFO4/c19-15-7-13-9-22-11-24-18(13)14(8-15)10-23-17(21)5-4-12-2-1-3-16(20)6-12/h1-8H,9-11H2/b5-4+. The molecule has 24 heavy (non-hydrogen) atoms. The SMILES string of the molecule is O=C(/C=C/c1cccc(F)c1)OCc1cc(Cl)cc2c1OCOC2. The molecule has 0 unspecified atom stereocenters. The van der Waals surface area contributed by atoms with E-state index in [9.17, 15) is 9.18 Å². The molecule has 0 amide bonds. The van der Waals surface area contributed by atoms with Gasteiger partial charge in [0, 0.05) is 22.2 Å². The van der Waals surface area contributed by atoms with E-state index in [0.29, 0.717) is 28.5 Å². The molecule has 0 bridgehead atoms. The van der Waals surface area contributed by atoms with Gasteiger partial charge in [-0.2, -0.15) is 0 Å². The van der Waals surface area contributed by atoms with Crippen LogP contribution in [0.25, 0.3) is 6.08 Å². The van der Waals surface area contributed by atoms with Gasteiger partial charge in [-0.25, -0.2) is 9.18 Å². The smallest absolute Gasteiger partial charge is 0.331 e. The lowest BCUT2D eigenvalue weighted by molar-refractivity contribution is -0.139. The van der Waals surface area contributed by atoms with Crippen molar-refractivity contribution in [1.29, 1.82) is 0 Å². The number of esters is 1. The van der Waals surface area contributed by atoms with Gasteiger partial charge in [-0.05, 0) is 35.9 Å². The average Bonchev–Trinajstić information content (AvgIpc) is 2.57. The van der Waals surface area contributed by atoms with Crippen LogP contribution in [0.1, 0.15) is 16.7 Å². The molecule has 0 aromatic heterocycles. The molecule has 1 heterocycles. The van der Waals surface area contributed by atoms with Crippen LogP contribution in [0.2, 0.25) is 5.02 Å². The third kappa shape index (κ3) is 4.13.